The molecule has 1 unspecified atom stereocenters. The quantitative estimate of drug-likeness (QED) is 0.803. The molecule has 0 aromatic carbocycles. The van der Waals surface area contributed by atoms with Gasteiger partial charge in [-0.15, -0.1) is 0 Å². The molecule has 0 spiro atoms. The molecule has 94 valence electrons. The molecule has 0 radical (unpaired) electrons. The lowest BCUT2D eigenvalue weighted by Crippen LogP contribution is -2.37. The van der Waals surface area contributed by atoms with E-state index in [1.165, 1.54) is 6.42 Å². The highest BCUT2D eigenvalue weighted by molar-refractivity contribution is 5.28. The molecule has 2 fully saturated rings. The molecule has 17 heavy (non-hydrogen) atoms. The van der Waals surface area contributed by atoms with Crippen LogP contribution in [0.3, 0.4) is 0 Å². The number of rotatable bonds is 2. The molecule has 0 saturated carbocycles. The number of anilines is 1. The molecule has 6 heteroatoms. The number of piperidine rings is 1. The van der Waals surface area contributed by atoms with Crippen molar-refractivity contribution >= 4 is 5.95 Å². The second kappa shape index (κ2) is 5.01. The van der Waals surface area contributed by atoms with Crippen LogP contribution in [0, 0.1) is 0 Å². The highest BCUT2D eigenvalue weighted by Crippen LogP contribution is 2.23. The number of ether oxygens (including phenoxy) is 1. The zero-order valence-corrected chi connectivity index (χ0v) is 9.89. The molecule has 6 nitrogen and oxygen atoms in total. The molecule has 3 rings (SSSR count). The fraction of sp³-hybridized carbons (Fsp3) is 0.818. The van der Waals surface area contributed by atoms with Crippen LogP contribution in [-0.2, 0) is 4.74 Å². The summed E-state index contributed by atoms with van der Waals surface area (Å²) >= 11 is 0. The minimum absolute atomic E-state index is 0.381. The summed E-state index contributed by atoms with van der Waals surface area (Å²) < 4.78 is 10.7. The largest absolute Gasteiger partial charge is 0.378 e. The van der Waals surface area contributed by atoms with Crippen molar-refractivity contribution in [2.24, 2.45) is 0 Å². The number of hydrogen-bond acceptors (Lipinski definition) is 6. The highest BCUT2D eigenvalue weighted by atomic mass is 16.5. The summed E-state index contributed by atoms with van der Waals surface area (Å²) in [5.74, 6) is 1.87. The normalized spacial score (nSPS) is 26.1. The van der Waals surface area contributed by atoms with Gasteiger partial charge in [-0.05, 0) is 24.5 Å². The van der Waals surface area contributed by atoms with Gasteiger partial charge in [-0.3, -0.25) is 0 Å². The van der Waals surface area contributed by atoms with Crippen molar-refractivity contribution in [2.75, 3.05) is 44.3 Å². The Bertz CT molecular complexity index is 324. The Morgan fingerprint density at radius 3 is 2.94 bits per heavy atom. The summed E-state index contributed by atoms with van der Waals surface area (Å²) in [6.45, 7) is 5.24. The molecule has 1 atom stereocenters. The number of morpholine rings is 1. The van der Waals surface area contributed by atoms with E-state index in [9.17, 15) is 0 Å². The second-order valence-electron chi connectivity index (χ2n) is 4.58. The van der Waals surface area contributed by atoms with Crippen LogP contribution in [0.15, 0.2) is 4.52 Å². The van der Waals surface area contributed by atoms with E-state index in [-0.39, 0.29) is 0 Å². The molecule has 1 N–H and O–H groups in total. The standard InChI is InChI=1S/C11H18N4O2/c1-2-9(8-12-3-1)10-13-11(14-17-10)15-4-6-16-7-5-15/h9,12H,1-8H2. The molecule has 2 saturated heterocycles. The number of aromatic nitrogens is 2. The average Bonchev–Trinajstić information content (AvgIpc) is 2.90. The van der Waals surface area contributed by atoms with Gasteiger partial charge in [0.25, 0.3) is 5.95 Å². The van der Waals surface area contributed by atoms with Crippen LogP contribution >= 0.6 is 0 Å². The van der Waals surface area contributed by atoms with Crippen LogP contribution in [0.25, 0.3) is 0 Å². The zero-order chi connectivity index (χ0) is 11.5. The van der Waals surface area contributed by atoms with Crippen LogP contribution < -0.4 is 10.2 Å². The molecule has 2 aliphatic heterocycles. The molecule has 0 bridgehead atoms. The Kier molecular flexibility index (Phi) is 3.24. The summed E-state index contributed by atoms with van der Waals surface area (Å²) in [6.07, 6.45) is 2.32. The molecule has 0 amide bonds. The lowest BCUT2D eigenvalue weighted by Gasteiger charge is -2.24. The minimum Gasteiger partial charge on any atom is -0.378 e. The van der Waals surface area contributed by atoms with Crippen molar-refractivity contribution in [1.29, 1.82) is 0 Å². The van der Waals surface area contributed by atoms with Gasteiger partial charge in [0, 0.05) is 19.6 Å². The molecule has 1 aromatic rings. The zero-order valence-electron chi connectivity index (χ0n) is 9.89. The third-order valence-electron chi connectivity index (χ3n) is 3.37. The Morgan fingerprint density at radius 2 is 2.18 bits per heavy atom. The van der Waals surface area contributed by atoms with Crippen LogP contribution in [0.4, 0.5) is 5.95 Å². The summed E-state index contributed by atoms with van der Waals surface area (Å²) in [5, 5.41) is 7.43. The molecular formula is C11H18N4O2. The van der Waals surface area contributed by atoms with Crippen molar-refractivity contribution in [2.45, 2.75) is 18.8 Å². The molecule has 3 heterocycles. The maximum Gasteiger partial charge on any atom is 0.266 e. The van der Waals surface area contributed by atoms with Gasteiger partial charge in [0.15, 0.2) is 0 Å². The van der Waals surface area contributed by atoms with E-state index in [2.05, 4.69) is 20.4 Å². The lowest BCUT2D eigenvalue weighted by atomic mass is 10.00. The van der Waals surface area contributed by atoms with Gasteiger partial charge in [-0.25, -0.2) is 0 Å². The van der Waals surface area contributed by atoms with Crippen molar-refractivity contribution in [3.05, 3.63) is 5.89 Å². The van der Waals surface area contributed by atoms with Crippen LogP contribution in [0.2, 0.25) is 0 Å². The van der Waals surface area contributed by atoms with E-state index >= 15 is 0 Å². The summed E-state index contributed by atoms with van der Waals surface area (Å²) in [4.78, 5) is 6.63. The van der Waals surface area contributed by atoms with E-state index < -0.39 is 0 Å². The predicted octanol–water partition coefficient (Wildman–Crippen LogP) is 0.373. The van der Waals surface area contributed by atoms with E-state index in [1.807, 2.05) is 0 Å². The van der Waals surface area contributed by atoms with Crippen LogP contribution in [0.5, 0.6) is 0 Å². The van der Waals surface area contributed by atoms with Gasteiger partial charge in [0.2, 0.25) is 5.89 Å². The Hall–Kier alpha value is -1.14. The van der Waals surface area contributed by atoms with Crippen molar-refractivity contribution in [3.63, 3.8) is 0 Å². The van der Waals surface area contributed by atoms with Gasteiger partial charge in [-0.1, -0.05) is 0 Å². The Labute approximate surface area is 100 Å². The first-order valence-electron chi connectivity index (χ1n) is 6.30. The van der Waals surface area contributed by atoms with Crippen molar-refractivity contribution in [3.8, 4) is 0 Å². The number of nitrogens with zero attached hydrogens (tertiary/aromatic N) is 3. The van der Waals surface area contributed by atoms with Gasteiger partial charge in [0.05, 0.1) is 19.1 Å². The smallest absolute Gasteiger partial charge is 0.266 e. The predicted molar refractivity (Wildman–Crippen MR) is 62.2 cm³/mol. The SMILES string of the molecule is C1CNCC(c2nc(N3CCOCC3)no2)C1. The summed E-state index contributed by atoms with van der Waals surface area (Å²) in [6, 6.07) is 0. The molecule has 0 aliphatic carbocycles. The summed E-state index contributed by atoms with van der Waals surface area (Å²) in [5.41, 5.74) is 0. The van der Waals surface area contributed by atoms with Crippen molar-refractivity contribution < 1.29 is 9.26 Å². The second-order valence-corrected chi connectivity index (χ2v) is 4.58. The first kappa shape index (κ1) is 11.0. The average molecular weight is 238 g/mol. The topological polar surface area (TPSA) is 63.4 Å². The molecule has 1 aromatic heterocycles. The summed E-state index contributed by atoms with van der Waals surface area (Å²) in [7, 11) is 0. The highest BCUT2D eigenvalue weighted by Gasteiger charge is 2.23. The van der Waals surface area contributed by atoms with E-state index in [1.54, 1.807) is 0 Å². The monoisotopic (exact) mass is 238 g/mol. The van der Waals surface area contributed by atoms with Crippen molar-refractivity contribution in [1.82, 2.24) is 15.5 Å². The first-order chi connectivity index (χ1) is 8.43. The van der Waals surface area contributed by atoms with Crippen LogP contribution in [0.1, 0.15) is 24.7 Å². The van der Waals surface area contributed by atoms with Gasteiger partial charge in [0.1, 0.15) is 0 Å². The van der Waals surface area contributed by atoms with Crippen LogP contribution in [-0.4, -0.2) is 49.5 Å². The van der Waals surface area contributed by atoms with Gasteiger partial charge < -0.3 is 19.5 Å². The number of hydrogen-bond donors (Lipinski definition) is 1. The maximum atomic E-state index is 5.37. The first-order valence-corrected chi connectivity index (χ1v) is 6.30. The fourth-order valence-corrected chi connectivity index (χ4v) is 2.35. The van der Waals surface area contributed by atoms with E-state index in [4.69, 9.17) is 9.26 Å². The fourth-order valence-electron chi connectivity index (χ4n) is 2.35. The molecular weight excluding hydrogens is 220 g/mol. The number of nitrogens with one attached hydrogen (secondary N) is 1. The van der Waals surface area contributed by atoms with Gasteiger partial charge >= 0.3 is 0 Å². The minimum atomic E-state index is 0.381. The molecule has 2 aliphatic rings. The third-order valence-corrected chi connectivity index (χ3v) is 3.37. The Morgan fingerprint density at radius 1 is 1.29 bits per heavy atom. The third kappa shape index (κ3) is 2.42. The maximum absolute atomic E-state index is 5.37. The lowest BCUT2D eigenvalue weighted by molar-refractivity contribution is 0.121. The van der Waals surface area contributed by atoms with E-state index in [0.29, 0.717) is 11.9 Å². The Balaban J connectivity index is 1.68. The van der Waals surface area contributed by atoms with E-state index in [0.717, 1.165) is 51.7 Å². The van der Waals surface area contributed by atoms with Gasteiger partial charge in [-0.2, -0.15) is 4.98 Å².